The van der Waals surface area contributed by atoms with Crippen molar-refractivity contribution < 1.29 is 4.57 Å². The van der Waals surface area contributed by atoms with E-state index in [0.29, 0.717) is 12.0 Å². The highest BCUT2D eigenvalue weighted by molar-refractivity contribution is 7.18. The lowest BCUT2D eigenvalue weighted by Gasteiger charge is -2.25. The number of rotatable bonds is 6. The second-order valence-corrected chi connectivity index (χ2v) is 10.4. The number of aromatic nitrogens is 1. The van der Waals surface area contributed by atoms with Crippen LogP contribution < -0.4 is 9.47 Å². The number of hydrogen-bond donors (Lipinski definition) is 0. The Hall–Kier alpha value is -3.43. The summed E-state index contributed by atoms with van der Waals surface area (Å²) in [6.45, 7) is 9.13. The van der Waals surface area contributed by atoms with Gasteiger partial charge in [-0.05, 0) is 67.4 Å². The molecule has 0 saturated carbocycles. The summed E-state index contributed by atoms with van der Waals surface area (Å²) in [7, 11) is 0. The lowest BCUT2D eigenvalue weighted by molar-refractivity contribution is -0.695. The van der Waals surface area contributed by atoms with Crippen molar-refractivity contribution in [2.75, 3.05) is 4.90 Å². The van der Waals surface area contributed by atoms with E-state index in [9.17, 15) is 0 Å². The van der Waals surface area contributed by atoms with E-state index in [1.165, 1.54) is 26.4 Å². The number of nitrogens with zero attached hydrogens (tertiary/aromatic N) is 2. The molecule has 0 saturated heterocycles. The summed E-state index contributed by atoms with van der Waals surface area (Å²) in [4.78, 5) is 2.30. The molecular weight excluding hydrogens is 432 g/mol. The summed E-state index contributed by atoms with van der Waals surface area (Å²) in [6, 6.07) is 37.4. The van der Waals surface area contributed by atoms with Crippen LogP contribution in [-0.4, -0.2) is 0 Å². The van der Waals surface area contributed by atoms with E-state index in [2.05, 4.69) is 140 Å². The van der Waals surface area contributed by atoms with Crippen molar-refractivity contribution in [1.29, 1.82) is 0 Å². The second-order valence-electron chi connectivity index (χ2n) is 9.29. The molecule has 170 valence electrons. The van der Waals surface area contributed by atoms with E-state index < -0.39 is 0 Å². The van der Waals surface area contributed by atoms with Crippen LogP contribution in [0.5, 0.6) is 0 Å². The van der Waals surface area contributed by atoms with Gasteiger partial charge in [0, 0.05) is 29.0 Å². The van der Waals surface area contributed by atoms with E-state index >= 15 is 0 Å². The predicted molar refractivity (Wildman–Crippen MR) is 147 cm³/mol. The molecule has 0 aliphatic heterocycles. The summed E-state index contributed by atoms with van der Waals surface area (Å²) in [5.74, 6) is 0.518. The predicted octanol–water partition coefficient (Wildman–Crippen LogP) is 9.03. The highest BCUT2D eigenvalue weighted by Gasteiger charge is 2.25. The van der Waals surface area contributed by atoms with Gasteiger partial charge in [0.2, 0.25) is 10.5 Å². The fourth-order valence-corrected chi connectivity index (χ4v) is 5.85. The Bertz CT molecular complexity index is 1350. The van der Waals surface area contributed by atoms with E-state index in [1.807, 2.05) is 11.3 Å². The molecule has 5 aromatic rings. The molecule has 5 rings (SSSR count). The average molecular weight is 464 g/mol. The van der Waals surface area contributed by atoms with Crippen LogP contribution in [0.4, 0.5) is 17.1 Å². The zero-order valence-electron chi connectivity index (χ0n) is 20.3. The minimum atomic E-state index is 0.439. The quantitative estimate of drug-likeness (QED) is 0.228. The van der Waals surface area contributed by atoms with Crippen molar-refractivity contribution in [2.24, 2.45) is 0 Å². The number of benzene rings is 4. The van der Waals surface area contributed by atoms with Gasteiger partial charge in [-0.25, -0.2) is 0 Å². The average Bonchev–Trinajstić information content (AvgIpc) is 3.26. The highest BCUT2D eigenvalue weighted by Crippen LogP contribution is 2.36. The van der Waals surface area contributed by atoms with Crippen molar-refractivity contribution in [3.63, 3.8) is 0 Å². The van der Waals surface area contributed by atoms with Gasteiger partial charge >= 0.3 is 0 Å². The molecule has 0 aliphatic carbocycles. The first kappa shape index (κ1) is 22.4. The van der Waals surface area contributed by atoms with Crippen LogP contribution in [0.3, 0.4) is 0 Å². The van der Waals surface area contributed by atoms with Crippen LogP contribution in [0.2, 0.25) is 0 Å². The van der Waals surface area contributed by atoms with Crippen molar-refractivity contribution >= 4 is 38.6 Å². The molecule has 0 aliphatic rings. The molecule has 1 aromatic heterocycles. The third kappa shape index (κ3) is 4.24. The Labute approximate surface area is 206 Å². The zero-order chi connectivity index (χ0) is 23.7. The van der Waals surface area contributed by atoms with Crippen LogP contribution in [0.25, 0.3) is 21.3 Å². The third-order valence-electron chi connectivity index (χ3n) is 6.17. The number of fused-ring (bicyclic) bond motifs is 1. The molecule has 4 aromatic carbocycles. The number of hydrogen-bond acceptors (Lipinski definition) is 2. The van der Waals surface area contributed by atoms with E-state index in [0.717, 1.165) is 17.1 Å². The topological polar surface area (TPSA) is 7.12 Å². The molecule has 0 N–H and O–H groups in total. The smallest absolute Gasteiger partial charge is 0.241 e. The summed E-state index contributed by atoms with van der Waals surface area (Å²) < 4.78 is 3.87. The molecule has 0 radical (unpaired) electrons. The first-order valence-corrected chi connectivity index (χ1v) is 12.8. The Balaban J connectivity index is 1.55. The lowest BCUT2D eigenvalue weighted by atomic mass is 10.0. The largest absolute Gasteiger partial charge is 0.311 e. The Morgan fingerprint density at radius 2 is 1.15 bits per heavy atom. The Morgan fingerprint density at radius 3 is 1.68 bits per heavy atom. The SMILES string of the molecule is CC(C)c1sc2ccc(-c3ccc(N(c4ccccc4)c4ccccc4)cc3)cc2[n+]1C(C)C. The molecule has 0 atom stereocenters. The number of anilines is 3. The van der Waals surface area contributed by atoms with Crippen LogP contribution in [0.15, 0.2) is 103 Å². The van der Waals surface area contributed by atoms with Gasteiger partial charge < -0.3 is 4.90 Å². The van der Waals surface area contributed by atoms with Crippen LogP contribution in [0.1, 0.15) is 44.7 Å². The lowest BCUT2D eigenvalue weighted by Crippen LogP contribution is -2.39. The standard InChI is InChI=1S/C31H31N2S/c1-22(2)31-32(23(3)4)29-21-25(17-20-30(29)34-31)24-15-18-28(19-16-24)33(26-11-7-5-8-12-26)27-13-9-6-10-14-27/h5-23H,1-4H3/q+1. The molecule has 1 heterocycles. The van der Waals surface area contributed by atoms with Crippen LogP contribution in [-0.2, 0) is 0 Å². The number of thiazole rings is 1. The highest BCUT2D eigenvalue weighted by atomic mass is 32.1. The summed E-state index contributed by atoms with van der Waals surface area (Å²) in [5.41, 5.74) is 7.28. The van der Waals surface area contributed by atoms with Gasteiger partial charge in [0.1, 0.15) is 4.70 Å². The van der Waals surface area contributed by atoms with Crippen LogP contribution in [0, 0.1) is 0 Å². The zero-order valence-corrected chi connectivity index (χ0v) is 21.1. The summed E-state index contributed by atoms with van der Waals surface area (Å²) >= 11 is 1.92. The molecule has 0 spiro atoms. The van der Waals surface area contributed by atoms with Gasteiger partial charge in [-0.1, -0.05) is 79.8 Å². The van der Waals surface area contributed by atoms with E-state index in [1.54, 1.807) is 0 Å². The van der Waals surface area contributed by atoms with Gasteiger partial charge in [-0.3, -0.25) is 0 Å². The van der Waals surface area contributed by atoms with Gasteiger partial charge in [-0.15, -0.1) is 0 Å². The molecule has 0 fully saturated rings. The van der Waals surface area contributed by atoms with E-state index in [4.69, 9.17) is 0 Å². The van der Waals surface area contributed by atoms with Gasteiger partial charge in [0.15, 0.2) is 6.04 Å². The maximum absolute atomic E-state index is 2.51. The van der Waals surface area contributed by atoms with E-state index in [-0.39, 0.29) is 0 Å². The van der Waals surface area contributed by atoms with Gasteiger partial charge in [-0.2, -0.15) is 4.57 Å². The maximum atomic E-state index is 2.51. The third-order valence-corrected chi connectivity index (χ3v) is 7.61. The molecular formula is C31H31N2S+. The fraction of sp³-hybridized carbons (Fsp3) is 0.194. The molecule has 3 heteroatoms. The number of para-hydroxylation sites is 2. The Kier molecular flexibility index (Phi) is 6.21. The molecule has 0 bridgehead atoms. The molecule has 0 amide bonds. The van der Waals surface area contributed by atoms with Crippen molar-refractivity contribution in [1.82, 2.24) is 0 Å². The monoisotopic (exact) mass is 463 g/mol. The second kappa shape index (κ2) is 9.44. The first-order chi connectivity index (χ1) is 16.5. The van der Waals surface area contributed by atoms with Crippen molar-refractivity contribution in [3.05, 3.63) is 108 Å². The maximum Gasteiger partial charge on any atom is 0.241 e. The van der Waals surface area contributed by atoms with Crippen molar-refractivity contribution in [3.8, 4) is 11.1 Å². The minimum absolute atomic E-state index is 0.439. The normalized spacial score (nSPS) is 11.5. The molecule has 0 unspecified atom stereocenters. The molecule has 2 nitrogen and oxygen atoms in total. The summed E-state index contributed by atoms with van der Waals surface area (Å²) in [6.07, 6.45) is 0. The minimum Gasteiger partial charge on any atom is -0.311 e. The first-order valence-electron chi connectivity index (χ1n) is 12.0. The van der Waals surface area contributed by atoms with Crippen LogP contribution >= 0.6 is 11.3 Å². The Morgan fingerprint density at radius 1 is 0.618 bits per heavy atom. The van der Waals surface area contributed by atoms with Crippen molar-refractivity contribution in [2.45, 2.75) is 39.7 Å². The van der Waals surface area contributed by atoms with Gasteiger partial charge in [0.05, 0.1) is 0 Å². The summed E-state index contributed by atoms with van der Waals surface area (Å²) in [5, 5.41) is 1.44. The molecule has 34 heavy (non-hydrogen) atoms. The van der Waals surface area contributed by atoms with Gasteiger partial charge in [0.25, 0.3) is 0 Å². The fourth-order valence-electron chi connectivity index (χ4n) is 4.59.